The Morgan fingerprint density at radius 3 is 2.62 bits per heavy atom. The number of aliphatic hydroxyl groups is 1. The minimum Gasteiger partial charge on any atom is -0.394 e. The van der Waals surface area contributed by atoms with Gasteiger partial charge in [0.05, 0.1) is 12.1 Å². The summed E-state index contributed by atoms with van der Waals surface area (Å²) in [6.07, 6.45) is 6.05. The van der Waals surface area contributed by atoms with E-state index in [1.807, 2.05) is 0 Å². The van der Waals surface area contributed by atoms with Crippen molar-refractivity contribution in [2.24, 2.45) is 17.6 Å². The molecule has 0 aromatic carbocycles. The van der Waals surface area contributed by atoms with Crippen LogP contribution in [-0.4, -0.2) is 29.7 Å². The Morgan fingerprint density at radius 1 is 1.38 bits per heavy atom. The van der Waals surface area contributed by atoms with Crippen molar-refractivity contribution in [2.45, 2.75) is 44.1 Å². The number of hydrogen-bond acceptors (Lipinski definition) is 3. The van der Waals surface area contributed by atoms with Crippen LogP contribution in [-0.2, 0) is 4.79 Å². The fourth-order valence-corrected chi connectivity index (χ4v) is 2.94. The zero-order chi connectivity index (χ0) is 11.6. The summed E-state index contributed by atoms with van der Waals surface area (Å²) in [7, 11) is 0. The highest BCUT2D eigenvalue weighted by molar-refractivity contribution is 5.80. The molecule has 2 rings (SSSR count). The molecule has 16 heavy (non-hydrogen) atoms. The minimum atomic E-state index is -0.307. The van der Waals surface area contributed by atoms with Crippen molar-refractivity contribution in [2.75, 3.05) is 13.2 Å². The van der Waals surface area contributed by atoms with E-state index in [-0.39, 0.29) is 24.0 Å². The average molecular weight is 226 g/mol. The normalized spacial score (nSPS) is 32.1. The van der Waals surface area contributed by atoms with Gasteiger partial charge in [0.1, 0.15) is 0 Å². The highest BCUT2D eigenvalue weighted by Gasteiger charge is 2.41. The van der Waals surface area contributed by atoms with Crippen LogP contribution in [0.15, 0.2) is 0 Å². The molecule has 0 spiro atoms. The minimum absolute atomic E-state index is 0.0682. The fraction of sp³-hybridized carbons (Fsp3) is 0.917. The summed E-state index contributed by atoms with van der Waals surface area (Å²) in [5.74, 6) is 0.534. The molecule has 2 aliphatic carbocycles. The van der Waals surface area contributed by atoms with Crippen LogP contribution in [0.3, 0.4) is 0 Å². The van der Waals surface area contributed by atoms with Crippen molar-refractivity contribution in [3.63, 3.8) is 0 Å². The number of rotatable bonds is 4. The quantitative estimate of drug-likeness (QED) is 0.649. The summed E-state index contributed by atoms with van der Waals surface area (Å²) in [5.41, 5.74) is 5.37. The zero-order valence-corrected chi connectivity index (χ0v) is 9.74. The first kappa shape index (κ1) is 11.9. The highest BCUT2D eigenvalue weighted by Crippen LogP contribution is 2.35. The van der Waals surface area contributed by atoms with Gasteiger partial charge in [0.15, 0.2) is 0 Å². The Hall–Kier alpha value is -0.610. The average Bonchev–Trinajstić information content (AvgIpc) is 2.71. The van der Waals surface area contributed by atoms with Gasteiger partial charge in [0.25, 0.3) is 0 Å². The second-order valence-corrected chi connectivity index (χ2v) is 5.31. The molecule has 2 atom stereocenters. The van der Waals surface area contributed by atoms with Crippen LogP contribution in [0, 0.1) is 11.8 Å². The monoisotopic (exact) mass is 226 g/mol. The first-order chi connectivity index (χ1) is 7.71. The molecular formula is C12H22N2O2. The summed E-state index contributed by atoms with van der Waals surface area (Å²) in [5, 5.41) is 12.4. The second kappa shape index (κ2) is 4.72. The van der Waals surface area contributed by atoms with Gasteiger partial charge in [0.2, 0.25) is 5.91 Å². The molecule has 0 heterocycles. The standard InChI is InChI=1S/C12H22N2O2/c13-7-9-3-1-4-10(9)11(16)14-12(8-15)5-2-6-12/h9-10,15H,1-8,13H2,(H,14,16). The predicted octanol–water partition coefficient (Wildman–Crippen LogP) is 0.393. The summed E-state index contributed by atoms with van der Waals surface area (Å²) in [6, 6.07) is 0. The molecule has 2 aliphatic rings. The van der Waals surface area contributed by atoms with E-state index in [2.05, 4.69) is 5.32 Å². The van der Waals surface area contributed by atoms with E-state index < -0.39 is 0 Å². The van der Waals surface area contributed by atoms with Gasteiger partial charge in [0, 0.05) is 5.92 Å². The smallest absolute Gasteiger partial charge is 0.223 e. The first-order valence-electron chi connectivity index (χ1n) is 6.34. The van der Waals surface area contributed by atoms with Gasteiger partial charge >= 0.3 is 0 Å². The van der Waals surface area contributed by atoms with E-state index in [1.165, 1.54) is 0 Å². The van der Waals surface area contributed by atoms with Crippen molar-refractivity contribution in [3.05, 3.63) is 0 Å². The molecule has 2 fully saturated rings. The van der Waals surface area contributed by atoms with Gasteiger partial charge in [-0.05, 0) is 44.6 Å². The topological polar surface area (TPSA) is 75.4 Å². The molecule has 0 bridgehead atoms. The first-order valence-corrected chi connectivity index (χ1v) is 6.34. The van der Waals surface area contributed by atoms with Crippen LogP contribution < -0.4 is 11.1 Å². The zero-order valence-electron chi connectivity index (χ0n) is 9.74. The van der Waals surface area contributed by atoms with E-state index in [0.29, 0.717) is 12.5 Å². The molecule has 0 radical (unpaired) electrons. The van der Waals surface area contributed by atoms with E-state index in [9.17, 15) is 9.90 Å². The van der Waals surface area contributed by atoms with Gasteiger partial charge < -0.3 is 16.2 Å². The summed E-state index contributed by atoms with van der Waals surface area (Å²) < 4.78 is 0. The molecule has 0 aliphatic heterocycles. The van der Waals surface area contributed by atoms with Crippen LogP contribution in [0.1, 0.15) is 38.5 Å². The van der Waals surface area contributed by atoms with Crippen LogP contribution in [0.5, 0.6) is 0 Å². The van der Waals surface area contributed by atoms with Gasteiger partial charge in [-0.1, -0.05) is 6.42 Å². The molecule has 2 saturated carbocycles. The Labute approximate surface area is 96.6 Å². The summed E-state index contributed by atoms with van der Waals surface area (Å²) in [6.45, 7) is 0.670. The molecule has 4 heteroatoms. The van der Waals surface area contributed by atoms with E-state index in [4.69, 9.17) is 5.73 Å². The third kappa shape index (κ3) is 2.09. The summed E-state index contributed by atoms with van der Waals surface area (Å²) in [4.78, 5) is 12.1. The maximum atomic E-state index is 12.1. The molecule has 0 aromatic rings. The number of carbonyl (C=O) groups is 1. The predicted molar refractivity (Wildman–Crippen MR) is 61.7 cm³/mol. The number of carbonyl (C=O) groups excluding carboxylic acids is 1. The number of amides is 1. The SMILES string of the molecule is NCC1CCCC1C(=O)NC1(CO)CCC1. The van der Waals surface area contributed by atoms with E-state index in [1.54, 1.807) is 0 Å². The van der Waals surface area contributed by atoms with Crippen molar-refractivity contribution < 1.29 is 9.90 Å². The van der Waals surface area contributed by atoms with Crippen molar-refractivity contribution >= 4 is 5.91 Å². The molecule has 1 amide bonds. The Morgan fingerprint density at radius 2 is 2.12 bits per heavy atom. The molecule has 2 unspecified atom stereocenters. The Bertz CT molecular complexity index is 258. The maximum absolute atomic E-state index is 12.1. The molecule has 4 nitrogen and oxygen atoms in total. The lowest BCUT2D eigenvalue weighted by Crippen LogP contribution is -2.57. The van der Waals surface area contributed by atoms with Crippen LogP contribution in [0.2, 0.25) is 0 Å². The van der Waals surface area contributed by atoms with Crippen molar-refractivity contribution in [3.8, 4) is 0 Å². The van der Waals surface area contributed by atoms with Crippen LogP contribution in [0.4, 0.5) is 0 Å². The van der Waals surface area contributed by atoms with Crippen molar-refractivity contribution in [1.82, 2.24) is 5.32 Å². The Balaban J connectivity index is 1.92. The number of nitrogens with one attached hydrogen (secondary N) is 1. The maximum Gasteiger partial charge on any atom is 0.223 e. The van der Waals surface area contributed by atoms with Gasteiger partial charge in [-0.25, -0.2) is 0 Å². The van der Waals surface area contributed by atoms with E-state index >= 15 is 0 Å². The lowest BCUT2D eigenvalue weighted by molar-refractivity contribution is -0.130. The highest BCUT2D eigenvalue weighted by atomic mass is 16.3. The summed E-state index contributed by atoms with van der Waals surface area (Å²) >= 11 is 0. The van der Waals surface area contributed by atoms with Crippen LogP contribution >= 0.6 is 0 Å². The molecule has 4 N–H and O–H groups in total. The third-order valence-corrected chi connectivity index (χ3v) is 4.30. The third-order valence-electron chi connectivity index (χ3n) is 4.30. The van der Waals surface area contributed by atoms with Crippen LogP contribution in [0.25, 0.3) is 0 Å². The van der Waals surface area contributed by atoms with Gasteiger partial charge in [-0.3, -0.25) is 4.79 Å². The lowest BCUT2D eigenvalue weighted by Gasteiger charge is -2.42. The molecule has 92 valence electrons. The fourth-order valence-electron chi connectivity index (χ4n) is 2.94. The number of hydrogen-bond donors (Lipinski definition) is 3. The molecule has 0 saturated heterocycles. The molecule has 0 aromatic heterocycles. The number of nitrogens with two attached hydrogens (primary N) is 1. The van der Waals surface area contributed by atoms with Gasteiger partial charge in [-0.15, -0.1) is 0 Å². The largest absolute Gasteiger partial charge is 0.394 e. The van der Waals surface area contributed by atoms with Crippen molar-refractivity contribution in [1.29, 1.82) is 0 Å². The molecular weight excluding hydrogens is 204 g/mol. The number of aliphatic hydroxyl groups excluding tert-OH is 1. The Kier molecular flexibility index (Phi) is 3.50. The van der Waals surface area contributed by atoms with Gasteiger partial charge in [-0.2, -0.15) is 0 Å². The second-order valence-electron chi connectivity index (χ2n) is 5.31. The lowest BCUT2D eigenvalue weighted by atomic mass is 9.77. The van der Waals surface area contributed by atoms with E-state index in [0.717, 1.165) is 38.5 Å².